The molecule has 22 heavy (non-hydrogen) atoms. The number of esters is 1. The van der Waals surface area contributed by atoms with Gasteiger partial charge in [-0.1, -0.05) is 6.07 Å². The van der Waals surface area contributed by atoms with Crippen molar-refractivity contribution in [2.24, 2.45) is 11.3 Å². The fourth-order valence-corrected chi connectivity index (χ4v) is 4.17. The summed E-state index contributed by atoms with van der Waals surface area (Å²) >= 11 is 0. The Labute approximate surface area is 130 Å². The Morgan fingerprint density at radius 3 is 2.77 bits per heavy atom. The van der Waals surface area contributed by atoms with Crippen molar-refractivity contribution in [2.75, 3.05) is 0 Å². The normalized spacial score (nSPS) is 30.1. The molecule has 3 rings (SSSR count). The van der Waals surface area contributed by atoms with E-state index in [4.69, 9.17) is 4.74 Å². The Morgan fingerprint density at radius 1 is 1.32 bits per heavy atom. The number of carbonyl (C=O) groups excluding carboxylic acids is 1. The van der Waals surface area contributed by atoms with Crippen molar-refractivity contribution in [3.63, 3.8) is 0 Å². The molecule has 1 aromatic rings. The van der Waals surface area contributed by atoms with Crippen LogP contribution in [0.15, 0.2) is 18.2 Å². The number of rotatable bonds is 2. The van der Waals surface area contributed by atoms with E-state index >= 15 is 0 Å². The predicted octanol–water partition coefficient (Wildman–Crippen LogP) is 3.53. The molecule has 4 nitrogen and oxygen atoms in total. The highest BCUT2D eigenvalue weighted by Crippen LogP contribution is 2.51. The second-order valence-electron chi connectivity index (χ2n) is 6.97. The number of aliphatic carboxylic acids is 1. The summed E-state index contributed by atoms with van der Waals surface area (Å²) in [5, 5.41) is 9.45. The molecule has 0 bridgehead atoms. The van der Waals surface area contributed by atoms with Crippen LogP contribution in [0, 0.1) is 11.3 Å². The van der Waals surface area contributed by atoms with Crippen molar-refractivity contribution in [3.8, 4) is 5.75 Å². The van der Waals surface area contributed by atoms with Crippen LogP contribution in [0.1, 0.15) is 56.6 Å². The van der Waals surface area contributed by atoms with E-state index in [1.165, 1.54) is 18.1 Å². The van der Waals surface area contributed by atoms with Crippen molar-refractivity contribution >= 4 is 11.9 Å². The van der Waals surface area contributed by atoms with Gasteiger partial charge in [0.25, 0.3) is 0 Å². The lowest BCUT2D eigenvalue weighted by molar-refractivity contribution is -0.151. The molecule has 0 heterocycles. The van der Waals surface area contributed by atoms with Gasteiger partial charge >= 0.3 is 11.9 Å². The van der Waals surface area contributed by atoms with Gasteiger partial charge in [-0.25, -0.2) is 0 Å². The molecule has 3 atom stereocenters. The third kappa shape index (κ3) is 2.62. The summed E-state index contributed by atoms with van der Waals surface area (Å²) in [6.07, 6.45) is 4.37. The van der Waals surface area contributed by atoms with Gasteiger partial charge in [0, 0.05) is 6.92 Å². The molecule has 2 aliphatic rings. The molecule has 2 unspecified atom stereocenters. The van der Waals surface area contributed by atoms with Gasteiger partial charge < -0.3 is 9.84 Å². The first kappa shape index (κ1) is 15.1. The van der Waals surface area contributed by atoms with Crippen LogP contribution in [0.2, 0.25) is 0 Å². The summed E-state index contributed by atoms with van der Waals surface area (Å²) in [5.74, 6) is 0.533. The molecule has 0 amide bonds. The van der Waals surface area contributed by atoms with Gasteiger partial charge in [-0.15, -0.1) is 0 Å². The van der Waals surface area contributed by atoms with Crippen molar-refractivity contribution < 1.29 is 19.4 Å². The molecule has 1 saturated carbocycles. The molecular weight excluding hydrogens is 280 g/mol. The van der Waals surface area contributed by atoms with E-state index in [1.807, 2.05) is 19.1 Å². The summed E-state index contributed by atoms with van der Waals surface area (Å²) in [6.45, 7) is 3.29. The summed E-state index contributed by atoms with van der Waals surface area (Å²) < 4.78 is 5.16. The first-order chi connectivity index (χ1) is 10.4. The van der Waals surface area contributed by atoms with Gasteiger partial charge in [0.1, 0.15) is 5.75 Å². The molecular formula is C18H22O4. The van der Waals surface area contributed by atoms with Gasteiger partial charge in [0.15, 0.2) is 0 Å². The maximum absolute atomic E-state index is 11.5. The fourth-order valence-electron chi connectivity index (χ4n) is 4.17. The van der Waals surface area contributed by atoms with Gasteiger partial charge in [-0.05, 0) is 74.1 Å². The SMILES string of the molecule is CC(=O)Oc1ccc2c(c1)CCC1C[C@@](C)(C(=O)O)CCC21. The smallest absolute Gasteiger partial charge is 0.309 e. The summed E-state index contributed by atoms with van der Waals surface area (Å²) in [6, 6.07) is 5.89. The molecule has 2 aliphatic carbocycles. The van der Waals surface area contributed by atoms with Crippen molar-refractivity contribution in [1.29, 1.82) is 0 Å². The number of carboxylic acids is 1. The first-order valence-corrected chi connectivity index (χ1v) is 7.94. The Kier molecular flexibility index (Phi) is 3.71. The van der Waals surface area contributed by atoms with Crippen LogP contribution < -0.4 is 4.74 Å². The molecule has 0 saturated heterocycles. The Hall–Kier alpha value is -1.84. The summed E-state index contributed by atoms with van der Waals surface area (Å²) in [5.41, 5.74) is 2.00. The zero-order valence-electron chi connectivity index (χ0n) is 13.1. The largest absolute Gasteiger partial charge is 0.481 e. The quantitative estimate of drug-likeness (QED) is 0.670. The maximum atomic E-state index is 11.5. The molecule has 1 N–H and O–H groups in total. The minimum absolute atomic E-state index is 0.302. The van der Waals surface area contributed by atoms with Crippen LogP contribution in [0.25, 0.3) is 0 Å². The van der Waals surface area contributed by atoms with Crippen molar-refractivity contribution in [2.45, 2.75) is 51.9 Å². The Balaban J connectivity index is 1.84. The predicted molar refractivity (Wildman–Crippen MR) is 81.9 cm³/mol. The number of fused-ring (bicyclic) bond motifs is 3. The zero-order chi connectivity index (χ0) is 15.9. The highest BCUT2D eigenvalue weighted by molar-refractivity contribution is 5.74. The molecule has 1 fully saturated rings. The average Bonchev–Trinajstić information content (AvgIpc) is 2.45. The van der Waals surface area contributed by atoms with Crippen LogP contribution >= 0.6 is 0 Å². The second kappa shape index (κ2) is 5.41. The van der Waals surface area contributed by atoms with Gasteiger partial charge in [-0.3, -0.25) is 9.59 Å². The van der Waals surface area contributed by atoms with E-state index in [-0.39, 0.29) is 5.97 Å². The van der Waals surface area contributed by atoms with Crippen LogP contribution in [-0.4, -0.2) is 17.0 Å². The van der Waals surface area contributed by atoms with Crippen LogP contribution in [-0.2, 0) is 16.0 Å². The van der Waals surface area contributed by atoms with Gasteiger partial charge in [-0.2, -0.15) is 0 Å². The number of aryl methyl sites for hydroxylation is 1. The van der Waals surface area contributed by atoms with Crippen molar-refractivity contribution in [1.82, 2.24) is 0 Å². The molecule has 1 aromatic carbocycles. The first-order valence-electron chi connectivity index (χ1n) is 7.94. The summed E-state index contributed by atoms with van der Waals surface area (Å²) in [7, 11) is 0. The second-order valence-corrected chi connectivity index (χ2v) is 6.97. The number of hydrogen-bond donors (Lipinski definition) is 1. The lowest BCUT2D eigenvalue weighted by Crippen LogP contribution is -2.38. The Bertz CT molecular complexity index is 622. The number of benzene rings is 1. The highest BCUT2D eigenvalue weighted by atomic mass is 16.5. The van der Waals surface area contributed by atoms with E-state index < -0.39 is 11.4 Å². The number of carbonyl (C=O) groups is 2. The van der Waals surface area contributed by atoms with Gasteiger partial charge in [0.2, 0.25) is 0 Å². The van der Waals surface area contributed by atoms with Gasteiger partial charge in [0.05, 0.1) is 5.41 Å². The number of carboxylic acid groups (broad SMARTS) is 1. The van der Waals surface area contributed by atoms with E-state index in [2.05, 4.69) is 6.07 Å². The molecule has 118 valence electrons. The van der Waals surface area contributed by atoms with E-state index in [9.17, 15) is 14.7 Å². The topological polar surface area (TPSA) is 63.6 Å². The van der Waals surface area contributed by atoms with Crippen molar-refractivity contribution in [3.05, 3.63) is 29.3 Å². The zero-order valence-corrected chi connectivity index (χ0v) is 13.1. The molecule has 0 aliphatic heterocycles. The minimum atomic E-state index is -0.665. The van der Waals surface area contributed by atoms with Crippen LogP contribution in [0.5, 0.6) is 5.75 Å². The lowest BCUT2D eigenvalue weighted by atomic mass is 9.60. The average molecular weight is 302 g/mol. The Morgan fingerprint density at radius 2 is 2.09 bits per heavy atom. The molecule has 0 radical (unpaired) electrons. The lowest BCUT2D eigenvalue weighted by Gasteiger charge is -2.43. The summed E-state index contributed by atoms with van der Waals surface area (Å²) in [4.78, 5) is 22.6. The standard InChI is InChI=1S/C18H22O4/c1-11(19)22-14-5-6-15-12(9-14)3-4-13-10-18(2,17(20)21)8-7-16(13)15/h5-6,9,13,16H,3-4,7-8,10H2,1-2H3,(H,20,21)/t13?,16?,18-/m0/s1. The third-order valence-corrected chi connectivity index (χ3v) is 5.37. The number of hydrogen-bond acceptors (Lipinski definition) is 3. The molecule has 4 heteroatoms. The highest BCUT2D eigenvalue weighted by Gasteiger charge is 2.44. The monoisotopic (exact) mass is 302 g/mol. The van der Waals surface area contributed by atoms with E-state index in [0.717, 1.165) is 32.1 Å². The molecule has 0 spiro atoms. The van der Waals surface area contributed by atoms with E-state index in [0.29, 0.717) is 17.6 Å². The third-order valence-electron chi connectivity index (χ3n) is 5.37. The maximum Gasteiger partial charge on any atom is 0.309 e. The van der Waals surface area contributed by atoms with Crippen LogP contribution in [0.3, 0.4) is 0 Å². The van der Waals surface area contributed by atoms with E-state index in [1.54, 1.807) is 0 Å². The minimum Gasteiger partial charge on any atom is -0.481 e. The fraction of sp³-hybridized carbons (Fsp3) is 0.556. The number of ether oxygens (including phenoxy) is 1. The molecule has 0 aromatic heterocycles. The van der Waals surface area contributed by atoms with Crippen LogP contribution in [0.4, 0.5) is 0 Å².